The number of aliphatic hydroxyl groups is 1. The van der Waals surface area contributed by atoms with Crippen LogP contribution < -0.4 is 10.1 Å². The Kier molecular flexibility index (Phi) is 4.50. The van der Waals surface area contributed by atoms with Crippen molar-refractivity contribution in [1.29, 1.82) is 0 Å². The molecular formula is C14H18N2O2. The molecule has 0 aliphatic carbocycles. The second kappa shape index (κ2) is 6.33. The Morgan fingerprint density at radius 2 is 2.28 bits per heavy atom. The smallest absolute Gasteiger partial charge is 0.121 e. The van der Waals surface area contributed by atoms with Gasteiger partial charge in [-0.05, 0) is 24.7 Å². The molecule has 1 heterocycles. The lowest BCUT2D eigenvalue weighted by molar-refractivity contribution is 0.107. The van der Waals surface area contributed by atoms with E-state index < -0.39 is 6.10 Å². The third-order valence-corrected chi connectivity index (χ3v) is 2.65. The van der Waals surface area contributed by atoms with Crippen molar-refractivity contribution in [2.24, 2.45) is 0 Å². The van der Waals surface area contributed by atoms with E-state index in [0.29, 0.717) is 6.54 Å². The summed E-state index contributed by atoms with van der Waals surface area (Å²) >= 11 is 0. The summed E-state index contributed by atoms with van der Waals surface area (Å²) in [6.07, 6.45) is 1.26. The molecule has 0 amide bonds. The van der Waals surface area contributed by atoms with Crippen molar-refractivity contribution in [3.8, 4) is 5.75 Å². The van der Waals surface area contributed by atoms with Gasteiger partial charge in [0.25, 0.3) is 0 Å². The lowest BCUT2D eigenvalue weighted by atomic mass is 10.2. The first-order chi connectivity index (χ1) is 8.79. The molecule has 0 bridgehead atoms. The number of nitrogens with zero attached hydrogens (tertiary/aromatic N) is 1. The normalized spacial score (nSPS) is 12.6. The molecule has 96 valence electrons. The van der Waals surface area contributed by atoms with Crippen molar-refractivity contribution in [3.05, 3.63) is 36.5 Å². The van der Waals surface area contributed by atoms with Crippen LogP contribution in [0.1, 0.15) is 6.92 Å². The second-order valence-electron chi connectivity index (χ2n) is 4.13. The van der Waals surface area contributed by atoms with Crippen LogP contribution in [0.4, 0.5) is 0 Å². The van der Waals surface area contributed by atoms with E-state index in [1.165, 1.54) is 0 Å². The lowest BCUT2D eigenvalue weighted by Gasteiger charge is -2.12. The van der Waals surface area contributed by atoms with Crippen molar-refractivity contribution in [3.63, 3.8) is 0 Å². The molecular weight excluding hydrogens is 228 g/mol. The molecule has 1 unspecified atom stereocenters. The number of nitrogens with one attached hydrogen (secondary N) is 1. The Labute approximate surface area is 107 Å². The standard InChI is InChI=1S/C14H18N2O2/c1-2-15-9-12(17)10-18-13-6-5-11-4-3-7-16-14(11)8-13/h3-8,12,15,17H,2,9-10H2,1H3. The molecule has 2 aromatic rings. The van der Waals surface area contributed by atoms with Gasteiger partial charge in [0.05, 0.1) is 5.52 Å². The Morgan fingerprint density at radius 1 is 1.39 bits per heavy atom. The maximum atomic E-state index is 9.65. The lowest BCUT2D eigenvalue weighted by Crippen LogP contribution is -2.31. The van der Waals surface area contributed by atoms with Crippen molar-refractivity contribution in [2.75, 3.05) is 19.7 Å². The molecule has 0 aliphatic heterocycles. The van der Waals surface area contributed by atoms with Crippen molar-refractivity contribution < 1.29 is 9.84 Å². The number of aromatic nitrogens is 1. The van der Waals surface area contributed by atoms with Gasteiger partial charge >= 0.3 is 0 Å². The first-order valence-electron chi connectivity index (χ1n) is 6.16. The fraction of sp³-hybridized carbons (Fsp3) is 0.357. The van der Waals surface area contributed by atoms with Gasteiger partial charge in [-0.25, -0.2) is 0 Å². The first kappa shape index (κ1) is 12.8. The summed E-state index contributed by atoms with van der Waals surface area (Å²) < 4.78 is 5.54. The number of hydrogen-bond acceptors (Lipinski definition) is 4. The number of aliphatic hydroxyl groups excluding tert-OH is 1. The molecule has 2 N–H and O–H groups in total. The number of rotatable bonds is 6. The molecule has 0 radical (unpaired) electrons. The van der Waals surface area contributed by atoms with Gasteiger partial charge in [-0.1, -0.05) is 13.0 Å². The van der Waals surface area contributed by atoms with Crippen LogP contribution in [0.2, 0.25) is 0 Å². The molecule has 0 spiro atoms. The van der Waals surface area contributed by atoms with Crippen molar-refractivity contribution in [1.82, 2.24) is 10.3 Å². The molecule has 2 rings (SSSR count). The minimum Gasteiger partial charge on any atom is -0.491 e. The number of benzene rings is 1. The Morgan fingerprint density at radius 3 is 3.11 bits per heavy atom. The Hall–Kier alpha value is -1.65. The summed E-state index contributed by atoms with van der Waals surface area (Å²) in [4.78, 5) is 4.26. The average Bonchev–Trinajstić information content (AvgIpc) is 2.42. The predicted molar refractivity (Wildman–Crippen MR) is 71.8 cm³/mol. The highest BCUT2D eigenvalue weighted by atomic mass is 16.5. The van der Waals surface area contributed by atoms with E-state index in [-0.39, 0.29) is 6.61 Å². The van der Waals surface area contributed by atoms with E-state index >= 15 is 0 Å². The van der Waals surface area contributed by atoms with Crippen LogP contribution in [-0.4, -0.2) is 35.9 Å². The fourth-order valence-corrected chi connectivity index (χ4v) is 1.70. The van der Waals surface area contributed by atoms with Gasteiger partial charge < -0.3 is 15.2 Å². The molecule has 0 saturated heterocycles. The zero-order valence-electron chi connectivity index (χ0n) is 10.5. The average molecular weight is 246 g/mol. The predicted octanol–water partition coefficient (Wildman–Crippen LogP) is 1.58. The highest BCUT2D eigenvalue weighted by molar-refractivity contribution is 5.79. The monoisotopic (exact) mass is 246 g/mol. The largest absolute Gasteiger partial charge is 0.491 e. The van der Waals surface area contributed by atoms with Crippen molar-refractivity contribution >= 4 is 10.9 Å². The molecule has 4 nitrogen and oxygen atoms in total. The van der Waals surface area contributed by atoms with Gasteiger partial charge in [-0.3, -0.25) is 4.98 Å². The van der Waals surface area contributed by atoms with Gasteiger partial charge in [0.2, 0.25) is 0 Å². The summed E-state index contributed by atoms with van der Waals surface area (Å²) in [5.74, 6) is 0.733. The first-order valence-corrected chi connectivity index (χ1v) is 6.16. The van der Waals surface area contributed by atoms with Crippen LogP contribution in [0.5, 0.6) is 5.75 Å². The molecule has 1 atom stereocenters. The zero-order valence-corrected chi connectivity index (χ0v) is 10.5. The molecule has 0 aliphatic rings. The van der Waals surface area contributed by atoms with E-state index in [1.54, 1.807) is 6.20 Å². The van der Waals surface area contributed by atoms with E-state index in [0.717, 1.165) is 23.2 Å². The second-order valence-corrected chi connectivity index (χ2v) is 4.13. The fourth-order valence-electron chi connectivity index (χ4n) is 1.70. The van der Waals surface area contributed by atoms with Crippen LogP contribution in [0.25, 0.3) is 10.9 Å². The third-order valence-electron chi connectivity index (χ3n) is 2.65. The van der Waals surface area contributed by atoms with Gasteiger partial charge in [0.15, 0.2) is 0 Å². The molecule has 1 aromatic carbocycles. The minimum atomic E-state index is -0.496. The van der Waals surface area contributed by atoms with Gasteiger partial charge in [-0.2, -0.15) is 0 Å². The molecule has 0 fully saturated rings. The number of fused-ring (bicyclic) bond motifs is 1. The maximum Gasteiger partial charge on any atom is 0.121 e. The minimum absolute atomic E-state index is 0.283. The van der Waals surface area contributed by atoms with E-state index in [4.69, 9.17) is 4.74 Å². The Balaban J connectivity index is 1.95. The van der Waals surface area contributed by atoms with Crippen LogP contribution in [0.15, 0.2) is 36.5 Å². The summed E-state index contributed by atoms with van der Waals surface area (Å²) in [6.45, 7) is 3.67. The van der Waals surface area contributed by atoms with E-state index in [9.17, 15) is 5.11 Å². The molecule has 0 saturated carbocycles. The quantitative estimate of drug-likeness (QED) is 0.812. The maximum absolute atomic E-state index is 9.65. The number of pyridine rings is 1. The topological polar surface area (TPSA) is 54.4 Å². The SMILES string of the molecule is CCNCC(O)COc1ccc2cccnc2c1. The number of ether oxygens (including phenoxy) is 1. The highest BCUT2D eigenvalue weighted by Gasteiger charge is 2.04. The zero-order chi connectivity index (χ0) is 12.8. The summed E-state index contributed by atoms with van der Waals surface area (Å²) in [7, 11) is 0. The van der Waals surface area contributed by atoms with Crippen LogP contribution in [0.3, 0.4) is 0 Å². The number of hydrogen-bond donors (Lipinski definition) is 2. The number of likely N-dealkylation sites (N-methyl/N-ethyl adjacent to an activating group) is 1. The third kappa shape index (κ3) is 3.42. The Bertz CT molecular complexity index is 502. The summed E-state index contributed by atoms with van der Waals surface area (Å²) in [5, 5.41) is 13.8. The molecule has 1 aromatic heterocycles. The molecule has 4 heteroatoms. The van der Waals surface area contributed by atoms with Gasteiger partial charge in [-0.15, -0.1) is 0 Å². The van der Waals surface area contributed by atoms with Crippen LogP contribution in [0, 0.1) is 0 Å². The van der Waals surface area contributed by atoms with Gasteiger partial charge in [0.1, 0.15) is 18.5 Å². The van der Waals surface area contributed by atoms with Crippen molar-refractivity contribution in [2.45, 2.75) is 13.0 Å². The van der Waals surface area contributed by atoms with Crippen LogP contribution >= 0.6 is 0 Å². The molecule has 18 heavy (non-hydrogen) atoms. The highest BCUT2D eigenvalue weighted by Crippen LogP contribution is 2.18. The summed E-state index contributed by atoms with van der Waals surface area (Å²) in [6, 6.07) is 9.66. The van der Waals surface area contributed by atoms with E-state index in [1.807, 2.05) is 37.3 Å². The van der Waals surface area contributed by atoms with Gasteiger partial charge in [0, 0.05) is 24.2 Å². The van der Waals surface area contributed by atoms with E-state index in [2.05, 4.69) is 10.3 Å². The van der Waals surface area contributed by atoms with Crippen LogP contribution in [-0.2, 0) is 0 Å². The summed E-state index contributed by atoms with van der Waals surface area (Å²) in [5.41, 5.74) is 0.899.